The molecule has 0 amide bonds. The van der Waals surface area contributed by atoms with Crippen molar-refractivity contribution in [3.63, 3.8) is 0 Å². The number of azide groups is 1. The molecular formula is C12H15N3O4. The van der Waals surface area contributed by atoms with Gasteiger partial charge in [0.05, 0.1) is 19.8 Å². The van der Waals surface area contributed by atoms with Crippen molar-refractivity contribution in [2.45, 2.75) is 19.1 Å². The van der Waals surface area contributed by atoms with Gasteiger partial charge in [-0.25, -0.2) is 0 Å². The van der Waals surface area contributed by atoms with E-state index >= 15 is 0 Å². The Morgan fingerprint density at radius 1 is 1.47 bits per heavy atom. The number of carbonyl (C=O) groups is 1. The number of esters is 1. The van der Waals surface area contributed by atoms with E-state index in [-0.39, 0.29) is 6.61 Å². The number of aliphatic hydroxyl groups is 1. The van der Waals surface area contributed by atoms with Gasteiger partial charge < -0.3 is 14.6 Å². The van der Waals surface area contributed by atoms with E-state index in [0.717, 1.165) is 0 Å². The molecule has 0 saturated heterocycles. The molecule has 0 heterocycles. The number of hydrogen-bond acceptors (Lipinski definition) is 5. The standard InChI is InChI=1S/C12H15N3O4/c1-3-19-12(17)10(14-15-13)11(16)8-4-6-9(18-2)7-5-8/h4-7,10-11,16H,3H2,1-2H3/t10?,11-/m0/s1. The Balaban J connectivity index is 2.94. The van der Waals surface area contributed by atoms with Crippen molar-refractivity contribution in [3.05, 3.63) is 40.3 Å². The summed E-state index contributed by atoms with van der Waals surface area (Å²) in [5.41, 5.74) is 8.89. The molecule has 0 bridgehead atoms. The summed E-state index contributed by atoms with van der Waals surface area (Å²) < 4.78 is 9.74. The molecule has 102 valence electrons. The SMILES string of the molecule is CCOC(=O)C(N=[N+]=[N-])[C@@H](O)c1ccc(OC)cc1. The summed E-state index contributed by atoms with van der Waals surface area (Å²) in [5, 5.41) is 13.4. The van der Waals surface area contributed by atoms with Crippen LogP contribution in [-0.2, 0) is 9.53 Å². The summed E-state index contributed by atoms with van der Waals surface area (Å²) >= 11 is 0. The summed E-state index contributed by atoms with van der Waals surface area (Å²) in [7, 11) is 1.52. The molecule has 0 aromatic heterocycles. The molecule has 1 aromatic carbocycles. The monoisotopic (exact) mass is 265 g/mol. The average molecular weight is 265 g/mol. The van der Waals surface area contributed by atoms with Gasteiger partial charge in [0.1, 0.15) is 5.75 Å². The third-order valence-electron chi connectivity index (χ3n) is 2.46. The van der Waals surface area contributed by atoms with Gasteiger partial charge in [-0.05, 0) is 30.2 Å². The lowest BCUT2D eigenvalue weighted by molar-refractivity contribution is -0.147. The van der Waals surface area contributed by atoms with Crippen LogP contribution in [0.5, 0.6) is 5.75 Å². The normalized spacial score (nSPS) is 13.0. The molecule has 0 fully saturated rings. The molecule has 1 aromatic rings. The summed E-state index contributed by atoms with van der Waals surface area (Å²) in [5.74, 6) is -0.143. The van der Waals surface area contributed by atoms with Crippen LogP contribution < -0.4 is 4.74 Å². The van der Waals surface area contributed by atoms with E-state index in [1.807, 2.05) is 0 Å². The molecule has 1 N–H and O–H groups in total. The van der Waals surface area contributed by atoms with Gasteiger partial charge in [-0.3, -0.25) is 4.79 Å². The Bertz CT molecular complexity index is 468. The van der Waals surface area contributed by atoms with Crippen molar-refractivity contribution in [3.8, 4) is 5.75 Å². The number of methoxy groups -OCH3 is 1. The highest BCUT2D eigenvalue weighted by Crippen LogP contribution is 2.23. The summed E-state index contributed by atoms with van der Waals surface area (Å²) in [6.45, 7) is 1.77. The molecular weight excluding hydrogens is 250 g/mol. The second-order valence-electron chi connectivity index (χ2n) is 3.62. The zero-order valence-corrected chi connectivity index (χ0v) is 10.7. The smallest absolute Gasteiger partial charge is 0.317 e. The van der Waals surface area contributed by atoms with Crippen molar-refractivity contribution in [1.82, 2.24) is 0 Å². The lowest BCUT2D eigenvalue weighted by Crippen LogP contribution is -2.28. The third kappa shape index (κ3) is 3.87. The first kappa shape index (κ1) is 14.8. The molecule has 0 aliphatic carbocycles. The first-order chi connectivity index (χ1) is 9.13. The maximum Gasteiger partial charge on any atom is 0.317 e. The lowest BCUT2D eigenvalue weighted by Gasteiger charge is -2.17. The highest BCUT2D eigenvalue weighted by Gasteiger charge is 2.28. The Kier molecular flexibility index (Phi) is 5.66. The number of carbonyl (C=O) groups excluding carboxylic acids is 1. The predicted molar refractivity (Wildman–Crippen MR) is 67.5 cm³/mol. The minimum absolute atomic E-state index is 0.144. The number of nitrogens with zero attached hydrogens (tertiary/aromatic N) is 3. The minimum atomic E-state index is -1.31. The van der Waals surface area contributed by atoms with Crippen molar-refractivity contribution in [2.75, 3.05) is 13.7 Å². The Morgan fingerprint density at radius 2 is 2.11 bits per heavy atom. The van der Waals surface area contributed by atoms with Crippen LogP contribution in [0.2, 0.25) is 0 Å². The van der Waals surface area contributed by atoms with Crippen LogP contribution in [-0.4, -0.2) is 30.8 Å². The fraction of sp³-hybridized carbons (Fsp3) is 0.417. The second-order valence-corrected chi connectivity index (χ2v) is 3.62. The van der Waals surface area contributed by atoms with Gasteiger partial charge in [0.2, 0.25) is 0 Å². The maximum absolute atomic E-state index is 11.6. The molecule has 7 heteroatoms. The molecule has 7 nitrogen and oxygen atoms in total. The van der Waals surface area contributed by atoms with Crippen LogP contribution in [0.4, 0.5) is 0 Å². The Labute approximate surface area is 110 Å². The zero-order chi connectivity index (χ0) is 14.3. The van der Waals surface area contributed by atoms with Crippen LogP contribution in [0, 0.1) is 0 Å². The number of ether oxygens (including phenoxy) is 2. The number of benzene rings is 1. The fourth-order valence-electron chi connectivity index (χ4n) is 1.51. The molecule has 0 radical (unpaired) electrons. The van der Waals surface area contributed by atoms with E-state index in [2.05, 4.69) is 10.0 Å². The van der Waals surface area contributed by atoms with Crippen LogP contribution in [0.25, 0.3) is 10.4 Å². The Hall–Kier alpha value is -2.24. The predicted octanol–water partition coefficient (Wildman–Crippen LogP) is 1.97. The highest BCUT2D eigenvalue weighted by molar-refractivity contribution is 5.77. The fourth-order valence-corrected chi connectivity index (χ4v) is 1.51. The van der Waals surface area contributed by atoms with Crippen LogP contribution >= 0.6 is 0 Å². The molecule has 0 saturated carbocycles. The Morgan fingerprint density at radius 3 is 2.58 bits per heavy atom. The molecule has 0 aliphatic heterocycles. The average Bonchev–Trinajstić information content (AvgIpc) is 2.44. The lowest BCUT2D eigenvalue weighted by atomic mass is 10.0. The van der Waals surface area contributed by atoms with E-state index in [1.54, 1.807) is 31.2 Å². The van der Waals surface area contributed by atoms with Crippen LogP contribution in [0.1, 0.15) is 18.6 Å². The minimum Gasteiger partial charge on any atom is -0.497 e. The van der Waals surface area contributed by atoms with E-state index in [9.17, 15) is 9.90 Å². The first-order valence-electron chi connectivity index (χ1n) is 5.66. The quantitative estimate of drug-likeness (QED) is 0.367. The maximum atomic E-state index is 11.6. The van der Waals surface area contributed by atoms with Crippen LogP contribution in [0.15, 0.2) is 29.4 Å². The van der Waals surface area contributed by atoms with E-state index in [0.29, 0.717) is 11.3 Å². The summed E-state index contributed by atoms with van der Waals surface area (Å²) in [6.07, 6.45) is -1.26. The zero-order valence-electron chi connectivity index (χ0n) is 10.7. The first-order valence-corrected chi connectivity index (χ1v) is 5.66. The van der Waals surface area contributed by atoms with Gasteiger partial charge in [-0.15, -0.1) is 0 Å². The molecule has 0 spiro atoms. The van der Waals surface area contributed by atoms with E-state index in [1.165, 1.54) is 7.11 Å². The molecule has 0 aliphatic rings. The number of aliphatic hydroxyl groups excluding tert-OH is 1. The molecule has 1 unspecified atom stereocenters. The summed E-state index contributed by atoms with van der Waals surface area (Å²) in [6, 6.07) is 5.14. The molecule has 2 atom stereocenters. The van der Waals surface area contributed by atoms with Crippen molar-refractivity contribution < 1.29 is 19.4 Å². The van der Waals surface area contributed by atoms with Gasteiger partial charge >= 0.3 is 5.97 Å². The van der Waals surface area contributed by atoms with Gasteiger partial charge in [0.25, 0.3) is 0 Å². The second kappa shape index (κ2) is 7.25. The van der Waals surface area contributed by atoms with Crippen molar-refractivity contribution in [2.24, 2.45) is 5.11 Å². The van der Waals surface area contributed by atoms with Gasteiger partial charge in [-0.1, -0.05) is 17.2 Å². The number of rotatable bonds is 6. The van der Waals surface area contributed by atoms with Crippen LogP contribution in [0.3, 0.4) is 0 Å². The van der Waals surface area contributed by atoms with Gasteiger partial charge in [-0.2, -0.15) is 0 Å². The van der Waals surface area contributed by atoms with Crippen molar-refractivity contribution in [1.29, 1.82) is 0 Å². The highest BCUT2D eigenvalue weighted by atomic mass is 16.5. The molecule has 1 rings (SSSR count). The third-order valence-corrected chi connectivity index (χ3v) is 2.46. The topological polar surface area (TPSA) is 105 Å². The van der Waals surface area contributed by atoms with Gasteiger partial charge in [0, 0.05) is 4.91 Å². The largest absolute Gasteiger partial charge is 0.497 e. The van der Waals surface area contributed by atoms with Crippen molar-refractivity contribution >= 4 is 5.97 Å². The summed E-state index contributed by atoms with van der Waals surface area (Å²) in [4.78, 5) is 14.2. The van der Waals surface area contributed by atoms with E-state index in [4.69, 9.17) is 15.0 Å². The number of hydrogen-bond donors (Lipinski definition) is 1. The van der Waals surface area contributed by atoms with E-state index < -0.39 is 18.1 Å². The molecule has 19 heavy (non-hydrogen) atoms. The van der Waals surface area contributed by atoms with Gasteiger partial charge in [0.15, 0.2) is 6.04 Å².